The van der Waals surface area contributed by atoms with E-state index in [-0.39, 0.29) is 5.41 Å². The van der Waals surface area contributed by atoms with Crippen molar-refractivity contribution < 1.29 is 9.84 Å². The number of phenols is 1. The van der Waals surface area contributed by atoms with Crippen molar-refractivity contribution in [3.05, 3.63) is 65.2 Å². The van der Waals surface area contributed by atoms with Gasteiger partial charge in [0.1, 0.15) is 18.1 Å². The molecular formula is C21H26O2. The summed E-state index contributed by atoms with van der Waals surface area (Å²) in [6, 6.07) is 11.8. The summed E-state index contributed by atoms with van der Waals surface area (Å²) < 4.78 is 5.93. The van der Waals surface area contributed by atoms with Gasteiger partial charge in [-0.1, -0.05) is 45.6 Å². The number of hydrogen-bond donors (Lipinski definition) is 1. The maximum absolute atomic E-state index is 10.1. The first-order valence-electron chi connectivity index (χ1n) is 8.05. The Balaban J connectivity index is 2.20. The molecule has 0 aliphatic rings. The van der Waals surface area contributed by atoms with Crippen LogP contribution in [0.25, 0.3) is 6.08 Å². The van der Waals surface area contributed by atoms with E-state index in [0.29, 0.717) is 12.4 Å². The van der Waals surface area contributed by atoms with Gasteiger partial charge in [0.15, 0.2) is 0 Å². The second-order valence-electron chi connectivity index (χ2n) is 6.66. The summed E-state index contributed by atoms with van der Waals surface area (Å²) in [4.78, 5) is 0. The minimum Gasteiger partial charge on any atom is -0.508 e. The first-order chi connectivity index (χ1) is 10.9. The molecule has 0 bridgehead atoms. The topological polar surface area (TPSA) is 29.5 Å². The van der Waals surface area contributed by atoms with Gasteiger partial charge in [0.25, 0.3) is 0 Å². The second kappa shape index (κ2) is 6.91. The van der Waals surface area contributed by atoms with E-state index in [1.807, 2.05) is 37.3 Å². The highest BCUT2D eigenvalue weighted by atomic mass is 16.5. The monoisotopic (exact) mass is 310 g/mol. The van der Waals surface area contributed by atoms with Gasteiger partial charge < -0.3 is 9.84 Å². The zero-order valence-corrected chi connectivity index (χ0v) is 14.5. The Kier molecular flexibility index (Phi) is 5.15. The van der Waals surface area contributed by atoms with Gasteiger partial charge in [-0.15, -0.1) is 0 Å². The van der Waals surface area contributed by atoms with Crippen LogP contribution in [0.15, 0.2) is 43.0 Å². The summed E-state index contributed by atoms with van der Waals surface area (Å²) in [6.45, 7) is 12.7. The number of rotatable bonds is 6. The van der Waals surface area contributed by atoms with Gasteiger partial charge >= 0.3 is 0 Å². The molecule has 0 aliphatic carbocycles. The van der Waals surface area contributed by atoms with Crippen molar-refractivity contribution >= 4 is 6.08 Å². The predicted octanol–water partition coefficient (Wildman–Crippen LogP) is 5.61. The summed E-state index contributed by atoms with van der Waals surface area (Å²) in [7, 11) is 0. The van der Waals surface area contributed by atoms with Crippen molar-refractivity contribution in [1.29, 1.82) is 0 Å². The van der Waals surface area contributed by atoms with Crippen LogP contribution in [-0.4, -0.2) is 5.11 Å². The van der Waals surface area contributed by atoms with Gasteiger partial charge in [0.2, 0.25) is 0 Å². The lowest BCUT2D eigenvalue weighted by molar-refractivity contribution is 0.305. The van der Waals surface area contributed by atoms with Crippen LogP contribution < -0.4 is 4.74 Å². The Morgan fingerprint density at radius 1 is 1.17 bits per heavy atom. The van der Waals surface area contributed by atoms with Crippen LogP contribution in [0, 0.1) is 6.92 Å². The van der Waals surface area contributed by atoms with Crippen LogP contribution in [-0.2, 0) is 12.0 Å². The maximum Gasteiger partial charge on any atom is 0.120 e. The number of hydrogen-bond acceptors (Lipinski definition) is 2. The number of aromatic hydroxyl groups is 1. The molecule has 0 aromatic heterocycles. The normalized spacial score (nSPS) is 11.3. The molecule has 0 heterocycles. The Hall–Kier alpha value is -2.22. The Bertz CT molecular complexity index is 699. The summed E-state index contributed by atoms with van der Waals surface area (Å²) in [5.74, 6) is 1.19. The molecule has 0 radical (unpaired) electrons. The molecule has 0 aliphatic heterocycles. The number of aryl methyl sites for hydroxylation is 1. The van der Waals surface area contributed by atoms with Gasteiger partial charge in [0.05, 0.1) is 0 Å². The molecule has 2 heteroatoms. The molecule has 0 fully saturated rings. The van der Waals surface area contributed by atoms with Crippen molar-refractivity contribution in [3.63, 3.8) is 0 Å². The van der Waals surface area contributed by atoms with E-state index in [9.17, 15) is 5.11 Å². The van der Waals surface area contributed by atoms with E-state index in [0.717, 1.165) is 34.4 Å². The highest BCUT2D eigenvalue weighted by Crippen LogP contribution is 2.34. The Morgan fingerprint density at radius 3 is 2.57 bits per heavy atom. The smallest absolute Gasteiger partial charge is 0.120 e. The highest BCUT2D eigenvalue weighted by molar-refractivity contribution is 5.51. The van der Waals surface area contributed by atoms with Crippen molar-refractivity contribution in [2.24, 2.45) is 0 Å². The van der Waals surface area contributed by atoms with Crippen LogP contribution in [0.1, 0.15) is 49.4 Å². The molecule has 0 spiro atoms. The average Bonchev–Trinajstić information content (AvgIpc) is 2.53. The van der Waals surface area contributed by atoms with Crippen LogP contribution in [0.2, 0.25) is 0 Å². The lowest BCUT2D eigenvalue weighted by Gasteiger charge is -2.25. The molecule has 2 nitrogen and oxygen atoms in total. The SMILES string of the molecule is C=Cc1cc(C)cc(OCc2ccc(O)c(C(C)(C)CC)c2)c1. The van der Waals surface area contributed by atoms with E-state index in [1.54, 1.807) is 6.07 Å². The van der Waals surface area contributed by atoms with Gasteiger partial charge in [-0.25, -0.2) is 0 Å². The third kappa shape index (κ3) is 4.16. The van der Waals surface area contributed by atoms with E-state index in [1.165, 1.54) is 0 Å². The molecule has 23 heavy (non-hydrogen) atoms. The van der Waals surface area contributed by atoms with Crippen molar-refractivity contribution in [3.8, 4) is 11.5 Å². The molecule has 2 aromatic rings. The zero-order valence-electron chi connectivity index (χ0n) is 14.5. The van der Waals surface area contributed by atoms with E-state index >= 15 is 0 Å². The number of phenolic OH excluding ortho intramolecular Hbond substituents is 1. The summed E-state index contributed by atoms with van der Waals surface area (Å²) in [5, 5.41) is 10.1. The maximum atomic E-state index is 10.1. The van der Waals surface area contributed by atoms with Crippen molar-refractivity contribution in [2.75, 3.05) is 0 Å². The summed E-state index contributed by atoms with van der Waals surface area (Å²) in [6.07, 6.45) is 2.79. The third-order valence-electron chi connectivity index (χ3n) is 4.39. The third-order valence-corrected chi connectivity index (χ3v) is 4.39. The molecule has 0 amide bonds. The summed E-state index contributed by atoms with van der Waals surface area (Å²) in [5.41, 5.74) is 4.17. The van der Waals surface area contributed by atoms with Gasteiger partial charge in [-0.05, 0) is 65.3 Å². The zero-order chi connectivity index (χ0) is 17.0. The first kappa shape index (κ1) is 17.1. The predicted molar refractivity (Wildman–Crippen MR) is 97.0 cm³/mol. The fraction of sp³-hybridized carbons (Fsp3) is 0.333. The Morgan fingerprint density at radius 2 is 1.91 bits per heavy atom. The number of benzene rings is 2. The standard InChI is InChI=1S/C21H26O2/c1-6-16-10-15(3)11-18(12-16)23-14-17-8-9-20(22)19(13-17)21(4,5)7-2/h6,8-13,22H,1,7,14H2,2-5H3. The minimum absolute atomic E-state index is 0.0561. The van der Waals surface area contributed by atoms with Gasteiger partial charge in [-0.3, -0.25) is 0 Å². The van der Waals surface area contributed by atoms with Crippen LogP contribution in [0.4, 0.5) is 0 Å². The highest BCUT2D eigenvalue weighted by Gasteiger charge is 2.22. The fourth-order valence-corrected chi connectivity index (χ4v) is 2.55. The van der Waals surface area contributed by atoms with E-state index in [2.05, 4.69) is 33.4 Å². The summed E-state index contributed by atoms with van der Waals surface area (Å²) >= 11 is 0. The lowest BCUT2D eigenvalue weighted by Crippen LogP contribution is -2.16. The van der Waals surface area contributed by atoms with E-state index in [4.69, 9.17) is 4.74 Å². The second-order valence-corrected chi connectivity index (χ2v) is 6.66. The molecule has 122 valence electrons. The fourth-order valence-electron chi connectivity index (χ4n) is 2.55. The molecule has 0 saturated heterocycles. The Labute approximate surface area is 139 Å². The lowest BCUT2D eigenvalue weighted by atomic mass is 9.81. The van der Waals surface area contributed by atoms with Crippen LogP contribution >= 0.6 is 0 Å². The van der Waals surface area contributed by atoms with Gasteiger partial charge in [-0.2, -0.15) is 0 Å². The van der Waals surface area contributed by atoms with Crippen LogP contribution in [0.5, 0.6) is 11.5 Å². The molecule has 0 atom stereocenters. The van der Waals surface area contributed by atoms with E-state index < -0.39 is 0 Å². The molecule has 2 rings (SSSR count). The molecular weight excluding hydrogens is 284 g/mol. The van der Waals surface area contributed by atoms with Gasteiger partial charge in [0, 0.05) is 0 Å². The van der Waals surface area contributed by atoms with Crippen LogP contribution in [0.3, 0.4) is 0 Å². The number of ether oxygens (including phenoxy) is 1. The average molecular weight is 310 g/mol. The minimum atomic E-state index is -0.0561. The quantitative estimate of drug-likeness (QED) is 0.751. The molecule has 1 N–H and O–H groups in total. The molecule has 0 unspecified atom stereocenters. The molecule has 2 aromatic carbocycles. The molecule has 0 saturated carbocycles. The van der Waals surface area contributed by atoms with Crippen molar-refractivity contribution in [1.82, 2.24) is 0 Å². The largest absolute Gasteiger partial charge is 0.508 e. The van der Waals surface area contributed by atoms with Crippen molar-refractivity contribution in [2.45, 2.75) is 46.1 Å². The first-order valence-corrected chi connectivity index (χ1v) is 8.05.